The number of piperazine rings is 1. The molecule has 2 fully saturated rings. The molecule has 190 valence electrons. The van der Waals surface area contributed by atoms with E-state index in [0.717, 1.165) is 31.4 Å². The highest BCUT2D eigenvalue weighted by atomic mass is 32.2. The molecule has 2 aliphatic rings. The van der Waals surface area contributed by atoms with Gasteiger partial charge in [0.25, 0.3) is 5.91 Å². The van der Waals surface area contributed by atoms with Gasteiger partial charge in [0.15, 0.2) is 0 Å². The SMILES string of the molecule is COc1ccc(S(=O)(=O)N2CCN(c3cccc(C(F)(F)F)c3)CC2)cc1C(=O)N1CCCCC1. The summed E-state index contributed by atoms with van der Waals surface area (Å²) in [6, 6.07) is 9.29. The molecular weight excluding hydrogens is 483 g/mol. The van der Waals surface area contributed by atoms with E-state index in [9.17, 15) is 26.4 Å². The number of methoxy groups -OCH3 is 1. The second-order valence-corrected chi connectivity index (χ2v) is 10.6. The molecular formula is C24H28F3N3O4S. The number of benzene rings is 2. The van der Waals surface area contributed by atoms with Gasteiger partial charge in [-0.2, -0.15) is 17.5 Å². The number of anilines is 1. The first-order valence-electron chi connectivity index (χ1n) is 11.5. The van der Waals surface area contributed by atoms with Crippen molar-refractivity contribution in [3.63, 3.8) is 0 Å². The number of alkyl halides is 3. The highest BCUT2D eigenvalue weighted by molar-refractivity contribution is 7.89. The van der Waals surface area contributed by atoms with Gasteiger partial charge in [-0.25, -0.2) is 8.42 Å². The Balaban J connectivity index is 1.51. The topological polar surface area (TPSA) is 70.2 Å². The van der Waals surface area contributed by atoms with Crippen molar-refractivity contribution in [3.05, 3.63) is 53.6 Å². The molecule has 0 spiro atoms. The molecule has 2 heterocycles. The zero-order valence-electron chi connectivity index (χ0n) is 19.4. The number of hydrogen-bond acceptors (Lipinski definition) is 5. The fourth-order valence-corrected chi connectivity index (χ4v) is 5.95. The van der Waals surface area contributed by atoms with Gasteiger partial charge in [-0.05, 0) is 55.7 Å². The van der Waals surface area contributed by atoms with Crippen LogP contribution in [-0.2, 0) is 16.2 Å². The highest BCUT2D eigenvalue weighted by Crippen LogP contribution is 2.32. The van der Waals surface area contributed by atoms with Gasteiger partial charge < -0.3 is 14.5 Å². The van der Waals surface area contributed by atoms with E-state index in [1.165, 1.54) is 35.7 Å². The Morgan fingerprint density at radius 3 is 2.23 bits per heavy atom. The molecule has 0 radical (unpaired) electrons. The Morgan fingerprint density at radius 2 is 1.60 bits per heavy atom. The third-order valence-corrected chi connectivity index (χ3v) is 8.35. The van der Waals surface area contributed by atoms with Crippen molar-refractivity contribution in [1.29, 1.82) is 0 Å². The zero-order valence-corrected chi connectivity index (χ0v) is 20.2. The second-order valence-electron chi connectivity index (χ2n) is 8.65. The average molecular weight is 512 g/mol. The lowest BCUT2D eigenvalue weighted by Crippen LogP contribution is -2.48. The van der Waals surface area contributed by atoms with Crippen LogP contribution in [0.3, 0.4) is 0 Å². The van der Waals surface area contributed by atoms with Gasteiger partial charge in [-0.1, -0.05) is 6.07 Å². The fourth-order valence-electron chi connectivity index (χ4n) is 4.50. The van der Waals surface area contributed by atoms with Crippen LogP contribution in [-0.4, -0.2) is 69.9 Å². The zero-order chi connectivity index (χ0) is 25.2. The summed E-state index contributed by atoms with van der Waals surface area (Å²) in [6.07, 6.45) is -1.58. The number of nitrogens with zero attached hydrogens (tertiary/aromatic N) is 3. The molecule has 1 amide bonds. The van der Waals surface area contributed by atoms with E-state index < -0.39 is 21.8 Å². The van der Waals surface area contributed by atoms with Crippen molar-refractivity contribution >= 4 is 21.6 Å². The summed E-state index contributed by atoms with van der Waals surface area (Å²) in [5.41, 5.74) is -0.136. The standard InChI is InChI=1S/C24H28F3N3O4S/c1-34-22-9-8-20(17-21(22)23(31)29-10-3-2-4-11-29)35(32,33)30-14-12-28(13-15-30)19-7-5-6-18(16-19)24(25,26)27/h5-9,16-17H,2-4,10-15H2,1H3. The first-order valence-corrected chi connectivity index (χ1v) is 12.9. The maximum Gasteiger partial charge on any atom is 0.416 e. The number of piperidine rings is 1. The number of carbonyl (C=O) groups is 1. The monoisotopic (exact) mass is 511 g/mol. The van der Waals surface area contributed by atoms with Crippen LogP contribution in [0, 0.1) is 0 Å². The van der Waals surface area contributed by atoms with Crippen LogP contribution in [0.25, 0.3) is 0 Å². The lowest BCUT2D eigenvalue weighted by molar-refractivity contribution is -0.137. The number of amides is 1. The number of halogens is 3. The van der Waals surface area contributed by atoms with Crippen molar-refractivity contribution in [2.24, 2.45) is 0 Å². The summed E-state index contributed by atoms with van der Waals surface area (Å²) in [5, 5.41) is 0. The Morgan fingerprint density at radius 1 is 0.914 bits per heavy atom. The molecule has 35 heavy (non-hydrogen) atoms. The molecule has 0 atom stereocenters. The first kappa shape index (κ1) is 25.3. The smallest absolute Gasteiger partial charge is 0.416 e. The second kappa shape index (κ2) is 10.1. The molecule has 0 bridgehead atoms. The maximum atomic E-state index is 13.4. The van der Waals surface area contributed by atoms with Crippen molar-refractivity contribution in [3.8, 4) is 5.75 Å². The molecule has 2 saturated heterocycles. The number of hydrogen-bond donors (Lipinski definition) is 0. The van der Waals surface area contributed by atoms with Crippen molar-refractivity contribution in [2.75, 3.05) is 51.3 Å². The van der Waals surface area contributed by atoms with E-state index in [-0.39, 0.29) is 42.5 Å². The molecule has 11 heteroatoms. The number of ether oxygens (including phenoxy) is 1. The first-order chi connectivity index (χ1) is 16.6. The van der Waals surface area contributed by atoms with Gasteiger partial charge in [-0.3, -0.25) is 4.79 Å². The van der Waals surface area contributed by atoms with E-state index in [2.05, 4.69) is 0 Å². The van der Waals surface area contributed by atoms with Crippen molar-refractivity contribution in [1.82, 2.24) is 9.21 Å². The van der Waals surface area contributed by atoms with E-state index in [1.54, 1.807) is 15.9 Å². The minimum absolute atomic E-state index is 0.00817. The Hall–Kier alpha value is -2.79. The predicted molar refractivity (Wildman–Crippen MR) is 125 cm³/mol. The van der Waals surface area contributed by atoms with E-state index in [4.69, 9.17) is 4.74 Å². The van der Waals surface area contributed by atoms with Crippen LogP contribution in [0.1, 0.15) is 35.2 Å². The van der Waals surface area contributed by atoms with Gasteiger partial charge in [0, 0.05) is 45.0 Å². The molecule has 2 aromatic rings. The van der Waals surface area contributed by atoms with Crippen LogP contribution < -0.4 is 9.64 Å². The highest BCUT2D eigenvalue weighted by Gasteiger charge is 2.33. The van der Waals surface area contributed by atoms with Crippen molar-refractivity contribution < 1.29 is 31.1 Å². The van der Waals surface area contributed by atoms with Gasteiger partial charge in [0.2, 0.25) is 10.0 Å². The average Bonchev–Trinajstić information content (AvgIpc) is 2.88. The number of likely N-dealkylation sites (tertiary alicyclic amines) is 1. The molecule has 0 N–H and O–H groups in total. The van der Waals surface area contributed by atoms with Gasteiger partial charge in [0.1, 0.15) is 5.75 Å². The van der Waals surface area contributed by atoms with Gasteiger partial charge in [0.05, 0.1) is 23.1 Å². The molecule has 0 aromatic heterocycles. The molecule has 4 rings (SSSR count). The largest absolute Gasteiger partial charge is 0.496 e. The summed E-state index contributed by atoms with van der Waals surface area (Å²) in [4.78, 5) is 16.5. The van der Waals surface area contributed by atoms with Crippen LogP contribution in [0.4, 0.5) is 18.9 Å². The number of rotatable bonds is 5. The minimum Gasteiger partial charge on any atom is -0.496 e. The Bertz CT molecular complexity index is 1170. The van der Waals surface area contributed by atoms with Crippen LogP contribution in [0.5, 0.6) is 5.75 Å². The maximum absolute atomic E-state index is 13.4. The third kappa shape index (κ3) is 5.40. The summed E-state index contributed by atoms with van der Waals surface area (Å²) < 4.78 is 72.5. The van der Waals surface area contributed by atoms with Gasteiger partial charge >= 0.3 is 6.18 Å². The minimum atomic E-state index is -4.45. The summed E-state index contributed by atoms with van der Waals surface area (Å²) in [7, 11) is -2.48. The third-order valence-electron chi connectivity index (χ3n) is 6.46. The molecule has 7 nitrogen and oxygen atoms in total. The van der Waals surface area contributed by atoms with E-state index in [0.29, 0.717) is 24.5 Å². The fraction of sp³-hybridized carbons (Fsp3) is 0.458. The van der Waals surface area contributed by atoms with Crippen LogP contribution in [0.15, 0.2) is 47.4 Å². The van der Waals surface area contributed by atoms with Crippen LogP contribution in [0.2, 0.25) is 0 Å². The molecule has 2 aliphatic heterocycles. The lowest BCUT2D eigenvalue weighted by atomic mass is 10.1. The van der Waals surface area contributed by atoms with E-state index in [1.807, 2.05) is 0 Å². The number of carbonyl (C=O) groups excluding carboxylic acids is 1. The summed E-state index contributed by atoms with van der Waals surface area (Å²) >= 11 is 0. The molecule has 0 aliphatic carbocycles. The molecule has 0 saturated carbocycles. The normalized spacial score (nSPS) is 17.9. The summed E-state index contributed by atoms with van der Waals surface area (Å²) in [5.74, 6) is 0.0573. The Kier molecular flexibility index (Phi) is 7.27. The molecule has 2 aromatic carbocycles. The number of sulfonamides is 1. The molecule has 0 unspecified atom stereocenters. The van der Waals surface area contributed by atoms with Gasteiger partial charge in [-0.15, -0.1) is 0 Å². The van der Waals surface area contributed by atoms with Crippen molar-refractivity contribution in [2.45, 2.75) is 30.3 Å². The quantitative estimate of drug-likeness (QED) is 0.610. The predicted octanol–water partition coefficient (Wildman–Crippen LogP) is 3.85. The van der Waals surface area contributed by atoms with E-state index >= 15 is 0 Å². The Labute approximate surface area is 203 Å². The van der Waals surface area contributed by atoms with Crippen LogP contribution >= 0.6 is 0 Å². The lowest BCUT2D eigenvalue weighted by Gasteiger charge is -2.35. The summed E-state index contributed by atoms with van der Waals surface area (Å²) in [6.45, 7) is 1.96.